The number of anilines is 1. The quantitative estimate of drug-likeness (QED) is 0.901. The number of sulfonamides is 1. The average Bonchev–Trinajstić information content (AvgIpc) is 2.48. The van der Waals surface area contributed by atoms with E-state index in [9.17, 15) is 8.42 Å². The molecule has 21 heavy (non-hydrogen) atoms. The van der Waals surface area contributed by atoms with Crippen molar-refractivity contribution in [3.05, 3.63) is 24.3 Å². The van der Waals surface area contributed by atoms with Crippen LogP contribution in [0.1, 0.15) is 20.3 Å². The molecular weight excluding hydrogens is 286 g/mol. The average molecular weight is 311 g/mol. The summed E-state index contributed by atoms with van der Waals surface area (Å²) in [5.74, 6) is 0. The molecule has 1 aliphatic heterocycles. The Morgan fingerprint density at radius 3 is 2.62 bits per heavy atom. The molecule has 1 aliphatic rings. The van der Waals surface area contributed by atoms with E-state index in [0.717, 1.165) is 13.0 Å². The second-order valence-electron chi connectivity index (χ2n) is 5.43. The predicted molar refractivity (Wildman–Crippen MR) is 86.1 cm³/mol. The van der Waals surface area contributed by atoms with Gasteiger partial charge in [-0.05, 0) is 32.5 Å². The van der Waals surface area contributed by atoms with Crippen molar-refractivity contribution in [1.82, 2.24) is 9.21 Å². The van der Waals surface area contributed by atoms with Crippen LogP contribution in [0.4, 0.5) is 5.69 Å². The van der Waals surface area contributed by atoms with Gasteiger partial charge in [0.1, 0.15) is 4.90 Å². The molecule has 1 atom stereocenters. The molecular formula is C15H25N3O2S. The third kappa shape index (κ3) is 3.39. The molecule has 2 rings (SSSR count). The van der Waals surface area contributed by atoms with Crippen LogP contribution in [0.3, 0.4) is 0 Å². The number of rotatable bonds is 5. The predicted octanol–water partition coefficient (Wildman–Crippen LogP) is 1.83. The van der Waals surface area contributed by atoms with Crippen LogP contribution in [0.5, 0.6) is 0 Å². The molecule has 0 bridgehead atoms. The highest BCUT2D eigenvalue weighted by Gasteiger charge is 2.33. The standard InChI is InChI=1S/C15H25N3O2S/c1-4-13-12-18(11-10-17(13)3)21(19,20)15-9-7-6-8-14(15)16-5-2/h6-9,13,16H,4-5,10-12H2,1-3H3. The third-order valence-corrected chi connectivity index (χ3v) is 6.01. The Morgan fingerprint density at radius 2 is 1.95 bits per heavy atom. The summed E-state index contributed by atoms with van der Waals surface area (Å²) in [6.45, 7) is 6.66. The largest absolute Gasteiger partial charge is 0.384 e. The summed E-state index contributed by atoms with van der Waals surface area (Å²) in [4.78, 5) is 2.62. The van der Waals surface area contributed by atoms with E-state index in [2.05, 4.69) is 24.2 Å². The molecule has 1 saturated heterocycles. The molecule has 5 nitrogen and oxygen atoms in total. The van der Waals surface area contributed by atoms with Gasteiger partial charge in [-0.3, -0.25) is 0 Å². The van der Waals surface area contributed by atoms with E-state index in [1.165, 1.54) is 0 Å². The molecule has 6 heteroatoms. The lowest BCUT2D eigenvalue weighted by molar-refractivity contribution is 0.144. The van der Waals surface area contributed by atoms with Crippen LogP contribution in [-0.2, 0) is 10.0 Å². The molecule has 118 valence electrons. The summed E-state index contributed by atoms with van der Waals surface area (Å²) in [5.41, 5.74) is 0.687. The second-order valence-corrected chi connectivity index (χ2v) is 7.34. The van der Waals surface area contributed by atoms with Crippen molar-refractivity contribution in [1.29, 1.82) is 0 Å². The highest BCUT2D eigenvalue weighted by molar-refractivity contribution is 7.89. The Bertz CT molecular complexity index is 574. The minimum absolute atomic E-state index is 0.292. The zero-order chi connectivity index (χ0) is 15.5. The molecule has 0 spiro atoms. The minimum Gasteiger partial charge on any atom is -0.384 e. The van der Waals surface area contributed by atoms with Crippen LogP contribution in [-0.4, -0.2) is 56.9 Å². The fourth-order valence-electron chi connectivity index (χ4n) is 2.74. The fraction of sp³-hybridized carbons (Fsp3) is 0.600. The van der Waals surface area contributed by atoms with Crippen LogP contribution in [0, 0.1) is 0 Å². The first-order valence-corrected chi connectivity index (χ1v) is 8.98. The van der Waals surface area contributed by atoms with E-state index in [1.54, 1.807) is 16.4 Å². The zero-order valence-corrected chi connectivity index (χ0v) is 13.9. The van der Waals surface area contributed by atoms with Crippen LogP contribution >= 0.6 is 0 Å². The van der Waals surface area contributed by atoms with Crippen molar-refractivity contribution < 1.29 is 8.42 Å². The normalized spacial score (nSPS) is 21.4. The van der Waals surface area contributed by atoms with Crippen LogP contribution in [0.25, 0.3) is 0 Å². The zero-order valence-electron chi connectivity index (χ0n) is 13.0. The van der Waals surface area contributed by atoms with Crippen LogP contribution in [0.15, 0.2) is 29.2 Å². The van der Waals surface area contributed by atoms with Crippen molar-refractivity contribution >= 4 is 15.7 Å². The van der Waals surface area contributed by atoms with E-state index in [1.807, 2.05) is 19.1 Å². The number of hydrogen-bond donors (Lipinski definition) is 1. The Morgan fingerprint density at radius 1 is 1.24 bits per heavy atom. The number of nitrogens with zero attached hydrogens (tertiary/aromatic N) is 2. The van der Waals surface area contributed by atoms with Gasteiger partial charge in [-0.25, -0.2) is 8.42 Å². The number of hydrogen-bond acceptors (Lipinski definition) is 4. The van der Waals surface area contributed by atoms with Gasteiger partial charge in [0.2, 0.25) is 10.0 Å². The molecule has 0 aliphatic carbocycles. The van der Waals surface area contributed by atoms with E-state index in [-0.39, 0.29) is 0 Å². The van der Waals surface area contributed by atoms with Crippen LogP contribution in [0.2, 0.25) is 0 Å². The summed E-state index contributed by atoms with van der Waals surface area (Å²) >= 11 is 0. The molecule has 1 heterocycles. The van der Waals surface area contributed by atoms with Crippen molar-refractivity contribution in [3.63, 3.8) is 0 Å². The maximum absolute atomic E-state index is 12.9. The molecule has 0 aromatic heterocycles. The van der Waals surface area contributed by atoms with E-state index >= 15 is 0 Å². The van der Waals surface area contributed by atoms with Crippen molar-refractivity contribution in [3.8, 4) is 0 Å². The first-order chi connectivity index (χ1) is 10.0. The molecule has 1 fully saturated rings. The molecule has 0 amide bonds. The number of benzene rings is 1. The number of nitrogens with one attached hydrogen (secondary N) is 1. The third-order valence-electron chi connectivity index (χ3n) is 4.08. The molecule has 0 saturated carbocycles. The lowest BCUT2D eigenvalue weighted by atomic mass is 10.1. The van der Waals surface area contributed by atoms with Crippen LogP contribution < -0.4 is 5.32 Å². The highest BCUT2D eigenvalue weighted by Crippen LogP contribution is 2.26. The maximum atomic E-state index is 12.9. The first-order valence-electron chi connectivity index (χ1n) is 7.54. The summed E-state index contributed by atoms with van der Waals surface area (Å²) < 4.78 is 27.5. The van der Waals surface area contributed by atoms with Gasteiger partial charge in [-0.1, -0.05) is 19.1 Å². The van der Waals surface area contributed by atoms with E-state index < -0.39 is 10.0 Å². The first kappa shape index (κ1) is 16.3. The Hall–Kier alpha value is -1.11. The van der Waals surface area contributed by atoms with Gasteiger partial charge in [0, 0.05) is 32.2 Å². The van der Waals surface area contributed by atoms with Gasteiger partial charge in [0.25, 0.3) is 0 Å². The summed E-state index contributed by atoms with van der Waals surface area (Å²) in [6, 6.07) is 7.44. The Labute approximate surface area is 128 Å². The topological polar surface area (TPSA) is 52.7 Å². The summed E-state index contributed by atoms with van der Waals surface area (Å²) in [5, 5.41) is 3.14. The lowest BCUT2D eigenvalue weighted by Crippen LogP contribution is -2.52. The van der Waals surface area contributed by atoms with Crippen molar-refractivity contribution in [2.75, 3.05) is 38.5 Å². The lowest BCUT2D eigenvalue weighted by Gasteiger charge is -2.38. The number of piperazine rings is 1. The van der Waals surface area contributed by atoms with Gasteiger partial charge in [0.05, 0.1) is 5.69 Å². The van der Waals surface area contributed by atoms with E-state index in [0.29, 0.717) is 36.3 Å². The summed E-state index contributed by atoms with van der Waals surface area (Å²) in [7, 11) is -1.38. The smallest absolute Gasteiger partial charge is 0.245 e. The SMILES string of the molecule is CCNc1ccccc1S(=O)(=O)N1CCN(C)C(CC)C1. The molecule has 1 aromatic rings. The van der Waals surface area contributed by atoms with Crippen molar-refractivity contribution in [2.24, 2.45) is 0 Å². The molecule has 1 aromatic carbocycles. The monoisotopic (exact) mass is 311 g/mol. The maximum Gasteiger partial charge on any atom is 0.245 e. The second kappa shape index (κ2) is 6.77. The number of likely N-dealkylation sites (N-methyl/N-ethyl adjacent to an activating group) is 1. The van der Waals surface area contributed by atoms with Gasteiger partial charge < -0.3 is 10.2 Å². The molecule has 0 radical (unpaired) electrons. The Balaban J connectivity index is 2.30. The van der Waals surface area contributed by atoms with Gasteiger partial charge in [-0.2, -0.15) is 4.31 Å². The summed E-state index contributed by atoms with van der Waals surface area (Å²) in [6.07, 6.45) is 0.956. The minimum atomic E-state index is -3.44. The van der Waals surface area contributed by atoms with Gasteiger partial charge in [-0.15, -0.1) is 0 Å². The molecule has 1 N–H and O–H groups in total. The van der Waals surface area contributed by atoms with E-state index in [4.69, 9.17) is 0 Å². The van der Waals surface area contributed by atoms with Crippen molar-refractivity contribution in [2.45, 2.75) is 31.2 Å². The Kier molecular flexibility index (Phi) is 5.24. The number of para-hydroxylation sites is 1. The fourth-order valence-corrected chi connectivity index (χ4v) is 4.38. The van der Waals surface area contributed by atoms with Gasteiger partial charge in [0.15, 0.2) is 0 Å². The molecule has 1 unspecified atom stereocenters. The highest BCUT2D eigenvalue weighted by atomic mass is 32.2. The van der Waals surface area contributed by atoms with Gasteiger partial charge >= 0.3 is 0 Å².